The second-order valence-electron chi connectivity index (χ2n) is 5.48. The van der Waals surface area contributed by atoms with E-state index in [9.17, 15) is 4.79 Å². The molecule has 1 aliphatic heterocycles. The van der Waals surface area contributed by atoms with Gasteiger partial charge in [-0.25, -0.2) is 0 Å². The predicted molar refractivity (Wildman–Crippen MR) is 74.6 cm³/mol. The van der Waals surface area contributed by atoms with E-state index in [2.05, 4.69) is 17.4 Å². The minimum atomic E-state index is 0.153. The summed E-state index contributed by atoms with van der Waals surface area (Å²) in [4.78, 5) is 11.3. The van der Waals surface area contributed by atoms with Crippen LogP contribution < -0.4 is 10.1 Å². The standard InChI is InChI=1S/C16H21NO2/c1-2-16(18)17-7-5-11-3-4-12-10-15-13(6-8-19-15)9-14(11)12/h9-11H,2-8H2,1H3,(H,17,18)/t11-/m1/s1. The molecule has 0 saturated heterocycles. The van der Waals surface area contributed by atoms with Gasteiger partial charge in [0.05, 0.1) is 6.61 Å². The molecule has 0 fully saturated rings. The fourth-order valence-corrected chi connectivity index (χ4v) is 3.18. The zero-order chi connectivity index (χ0) is 13.2. The smallest absolute Gasteiger partial charge is 0.219 e. The summed E-state index contributed by atoms with van der Waals surface area (Å²) < 4.78 is 5.63. The molecule has 1 amide bonds. The lowest BCUT2D eigenvalue weighted by Gasteiger charge is -2.13. The van der Waals surface area contributed by atoms with Crippen LogP contribution in [0.15, 0.2) is 12.1 Å². The van der Waals surface area contributed by atoms with Crippen molar-refractivity contribution in [3.63, 3.8) is 0 Å². The quantitative estimate of drug-likeness (QED) is 0.902. The van der Waals surface area contributed by atoms with Gasteiger partial charge in [0.25, 0.3) is 0 Å². The molecule has 102 valence electrons. The van der Waals surface area contributed by atoms with E-state index < -0.39 is 0 Å². The number of fused-ring (bicyclic) bond motifs is 2. The topological polar surface area (TPSA) is 38.3 Å². The van der Waals surface area contributed by atoms with Crippen molar-refractivity contribution in [2.24, 2.45) is 0 Å². The highest BCUT2D eigenvalue weighted by molar-refractivity contribution is 5.75. The van der Waals surface area contributed by atoms with Gasteiger partial charge in [0.15, 0.2) is 0 Å². The number of aryl methyl sites for hydroxylation is 1. The first-order chi connectivity index (χ1) is 9.28. The van der Waals surface area contributed by atoms with Crippen molar-refractivity contribution in [1.82, 2.24) is 5.32 Å². The minimum Gasteiger partial charge on any atom is -0.493 e. The van der Waals surface area contributed by atoms with Crippen molar-refractivity contribution >= 4 is 5.91 Å². The zero-order valence-electron chi connectivity index (χ0n) is 11.5. The fraction of sp³-hybridized carbons (Fsp3) is 0.562. The molecule has 3 heteroatoms. The van der Waals surface area contributed by atoms with E-state index in [1.54, 1.807) is 0 Å². The van der Waals surface area contributed by atoms with Gasteiger partial charge in [0.1, 0.15) is 5.75 Å². The molecule has 0 aromatic heterocycles. The van der Waals surface area contributed by atoms with Crippen molar-refractivity contribution in [2.75, 3.05) is 13.2 Å². The molecule has 0 unspecified atom stereocenters. The monoisotopic (exact) mass is 259 g/mol. The van der Waals surface area contributed by atoms with Gasteiger partial charge in [-0.15, -0.1) is 0 Å². The Kier molecular flexibility index (Phi) is 3.45. The van der Waals surface area contributed by atoms with Crippen LogP contribution in [0.4, 0.5) is 0 Å². The average molecular weight is 259 g/mol. The van der Waals surface area contributed by atoms with Gasteiger partial charge in [0, 0.05) is 19.4 Å². The highest BCUT2D eigenvalue weighted by Crippen LogP contribution is 2.40. The Labute approximate surface area is 114 Å². The maximum absolute atomic E-state index is 11.3. The summed E-state index contributed by atoms with van der Waals surface area (Å²) in [6.45, 7) is 3.52. The number of rotatable bonds is 4. The predicted octanol–water partition coefficient (Wildman–Crippen LogP) is 2.57. The summed E-state index contributed by atoms with van der Waals surface area (Å²) in [5.74, 6) is 1.86. The molecule has 1 heterocycles. The second kappa shape index (κ2) is 5.24. The zero-order valence-corrected chi connectivity index (χ0v) is 11.5. The fourth-order valence-electron chi connectivity index (χ4n) is 3.18. The van der Waals surface area contributed by atoms with Gasteiger partial charge in [-0.1, -0.05) is 13.0 Å². The summed E-state index contributed by atoms with van der Waals surface area (Å²) in [6.07, 6.45) is 5.03. The molecule has 0 bridgehead atoms. The first kappa shape index (κ1) is 12.5. The lowest BCUT2D eigenvalue weighted by Crippen LogP contribution is -2.24. The van der Waals surface area contributed by atoms with Crippen LogP contribution in [0.3, 0.4) is 0 Å². The SMILES string of the molecule is CCC(=O)NCC[C@H]1CCc2cc3c(cc21)CCO3. The highest BCUT2D eigenvalue weighted by Gasteiger charge is 2.25. The van der Waals surface area contributed by atoms with E-state index in [0.29, 0.717) is 12.3 Å². The molecule has 0 radical (unpaired) electrons. The molecule has 2 aliphatic rings. The maximum Gasteiger partial charge on any atom is 0.219 e. The van der Waals surface area contributed by atoms with Crippen LogP contribution in [-0.2, 0) is 17.6 Å². The highest BCUT2D eigenvalue weighted by atomic mass is 16.5. The van der Waals surface area contributed by atoms with Crippen molar-refractivity contribution in [3.05, 3.63) is 28.8 Å². The third-order valence-electron chi connectivity index (χ3n) is 4.29. The van der Waals surface area contributed by atoms with E-state index in [-0.39, 0.29) is 5.91 Å². The molecule has 1 aliphatic carbocycles. The van der Waals surface area contributed by atoms with Crippen LogP contribution in [0, 0.1) is 0 Å². The molecule has 0 saturated carbocycles. The third kappa shape index (κ3) is 2.46. The Morgan fingerprint density at radius 1 is 1.37 bits per heavy atom. The number of nitrogens with one attached hydrogen (secondary N) is 1. The normalized spacial score (nSPS) is 19.7. The van der Waals surface area contributed by atoms with Gasteiger partial charge < -0.3 is 10.1 Å². The molecular weight excluding hydrogens is 238 g/mol. The number of carbonyl (C=O) groups is 1. The molecule has 3 nitrogen and oxygen atoms in total. The summed E-state index contributed by atoms with van der Waals surface area (Å²) in [7, 11) is 0. The van der Waals surface area contributed by atoms with Gasteiger partial charge in [0.2, 0.25) is 5.91 Å². The number of benzene rings is 1. The second-order valence-corrected chi connectivity index (χ2v) is 5.48. The Balaban J connectivity index is 1.66. The maximum atomic E-state index is 11.3. The van der Waals surface area contributed by atoms with Gasteiger partial charge in [-0.05, 0) is 47.9 Å². The van der Waals surface area contributed by atoms with E-state index >= 15 is 0 Å². The van der Waals surface area contributed by atoms with Crippen LogP contribution in [0.2, 0.25) is 0 Å². The molecule has 3 rings (SSSR count). The first-order valence-corrected chi connectivity index (χ1v) is 7.33. The van der Waals surface area contributed by atoms with Gasteiger partial charge in [-0.2, -0.15) is 0 Å². The van der Waals surface area contributed by atoms with Crippen LogP contribution in [0.25, 0.3) is 0 Å². The molecule has 1 N–H and O–H groups in total. The van der Waals surface area contributed by atoms with Crippen LogP contribution in [0.1, 0.15) is 48.8 Å². The summed E-state index contributed by atoms with van der Waals surface area (Å²) in [6, 6.07) is 4.58. The van der Waals surface area contributed by atoms with Gasteiger partial charge >= 0.3 is 0 Å². The van der Waals surface area contributed by atoms with Crippen molar-refractivity contribution < 1.29 is 9.53 Å². The van der Waals surface area contributed by atoms with Gasteiger partial charge in [-0.3, -0.25) is 4.79 Å². The summed E-state index contributed by atoms with van der Waals surface area (Å²) in [5.41, 5.74) is 4.31. The average Bonchev–Trinajstić information content (AvgIpc) is 3.02. The van der Waals surface area contributed by atoms with E-state index in [1.807, 2.05) is 6.92 Å². The van der Waals surface area contributed by atoms with E-state index in [4.69, 9.17) is 4.74 Å². The third-order valence-corrected chi connectivity index (χ3v) is 4.29. The number of hydrogen-bond acceptors (Lipinski definition) is 2. The molecule has 1 atom stereocenters. The van der Waals surface area contributed by atoms with Crippen LogP contribution >= 0.6 is 0 Å². The summed E-state index contributed by atoms with van der Waals surface area (Å²) >= 11 is 0. The Bertz CT molecular complexity index is 496. The Morgan fingerprint density at radius 2 is 2.26 bits per heavy atom. The molecule has 1 aromatic carbocycles. The van der Waals surface area contributed by atoms with Crippen molar-refractivity contribution in [2.45, 2.75) is 44.9 Å². The number of carbonyl (C=O) groups excluding carboxylic acids is 1. The minimum absolute atomic E-state index is 0.153. The van der Waals surface area contributed by atoms with E-state index in [1.165, 1.54) is 23.1 Å². The van der Waals surface area contributed by atoms with E-state index in [0.717, 1.165) is 38.2 Å². The largest absolute Gasteiger partial charge is 0.493 e. The lowest BCUT2D eigenvalue weighted by molar-refractivity contribution is -0.120. The number of amides is 1. The van der Waals surface area contributed by atoms with Crippen molar-refractivity contribution in [3.8, 4) is 5.75 Å². The molecular formula is C16H21NO2. The van der Waals surface area contributed by atoms with Crippen molar-refractivity contribution in [1.29, 1.82) is 0 Å². The first-order valence-electron chi connectivity index (χ1n) is 7.33. The van der Waals surface area contributed by atoms with Crippen LogP contribution in [-0.4, -0.2) is 19.1 Å². The Hall–Kier alpha value is -1.51. The molecule has 1 aromatic rings. The number of hydrogen-bond donors (Lipinski definition) is 1. The molecule has 19 heavy (non-hydrogen) atoms. The summed E-state index contributed by atoms with van der Waals surface area (Å²) in [5, 5.41) is 2.98. The Morgan fingerprint density at radius 3 is 3.11 bits per heavy atom. The van der Waals surface area contributed by atoms with Crippen LogP contribution in [0.5, 0.6) is 5.75 Å². The lowest BCUT2D eigenvalue weighted by atomic mass is 9.95. The molecule has 0 spiro atoms. The number of ether oxygens (including phenoxy) is 1.